The number of ether oxygens (including phenoxy) is 2. The van der Waals surface area contributed by atoms with Crippen molar-refractivity contribution >= 4 is 39.8 Å². The fourth-order valence-corrected chi connectivity index (χ4v) is 5.02. The lowest BCUT2D eigenvalue weighted by atomic mass is 10.1. The Morgan fingerprint density at radius 2 is 1.94 bits per heavy atom. The largest absolute Gasteiger partial charge is 0.497 e. The number of carbonyl (C=O) groups excluding carboxylic acids is 1. The van der Waals surface area contributed by atoms with Gasteiger partial charge in [0, 0.05) is 17.5 Å². The first-order valence-electron chi connectivity index (χ1n) is 11.3. The number of hydrogen-bond acceptors (Lipinski definition) is 6. The number of carbonyl (C=O) groups is 1. The smallest absolute Gasteiger partial charge is 0.283 e. The van der Waals surface area contributed by atoms with Gasteiger partial charge in [0.2, 0.25) is 5.17 Å². The first-order chi connectivity index (χ1) is 16.4. The highest BCUT2D eigenvalue weighted by molar-refractivity contribution is 8.26. The Bertz CT molecular complexity index is 1240. The zero-order valence-corrected chi connectivity index (χ0v) is 21.0. The van der Waals surface area contributed by atoms with E-state index < -0.39 is 5.91 Å². The summed E-state index contributed by atoms with van der Waals surface area (Å²) in [7, 11) is 3.26. The Labute approximate surface area is 203 Å². The lowest BCUT2D eigenvalue weighted by Gasteiger charge is -2.20. The molecule has 1 amide bonds. The fraction of sp³-hybridized carbons (Fsp3) is 0.360. The van der Waals surface area contributed by atoms with E-state index in [1.165, 1.54) is 16.8 Å². The maximum absolute atomic E-state index is 12.8. The van der Waals surface area contributed by atoms with Crippen LogP contribution < -0.4 is 9.47 Å². The van der Waals surface area contributed by atoms with E-state index in [2.05, 4.69) is 21.6 Å². The second-order valence-corrected chi connectivity index (χ2v) is 9.21. The van der Waals surface area contributed by atoms with Gasteiger partial charge in [-0.1, -0.05) is 19.8 Å². The topological polar surface area (TPSA) is 92.3 Å². The van der Waals surface area contributed by atoms with Gasteiger partial charge in [-0.05, 0) is 68.3 Å². The van der Waals surface area contributed by atoms with Crippen molar-refractivity contribution in [2.24, 2.45) is 10.1 Å². The number of amidine groups is 2. The molecule has 0 unspecified atom stereocenters. The summed E-state index contributed by atoms with van der Waals surface area (Å²) in [6.07, 6.45) is 5.85. The Hall–Kier alpha value is -3.33. The number of nitrogens with zero attached hydrogens (tertiary/aromatic N) is 4. The molecule has 0 bridgehead atoms. The van der Waals surface area contributed by atoms with Crippen LogP contribution in [0.25, 0.3) is 11.8 Å². The van der Waals surface area contributed by atoms with Crippen LogP contribution in [0.3, 0.4) is 0 Å². The van der Waals surface area contributed by atoms with E-state index in [1.54, 1.807) is 20.3 Å². The number of aryl methyl sites for hydroxylation is 1. The lowest BCUT2D eigenvalue weighted by molar-refractivity contribution is -0.114. The molecule has 1 aromatic heterocycles. The van der Waals surface area contributed by atoms with E-state index in [1.807, 2.05) is 38.1 Å². The molecule has 4 rings (SSSR count). The van der Waals surface area contributed by atoms with E-state index in [9.17, 15) is 4.79 Å². The van der Waals surface area contributed by atoms with E-state index in [-0.39, 0.29) is 11.4 Å². The first kappa shape index (κ1) is 23.8. The minimum Gasteiger partial charge on any atom is -0.497 e. The number of fused-ring (bicyclic) bond motifs is 1. The average molecular weight is 480 g/mol. The van der Waals surface area contributed by atoms with Crippen LogP contribution in [0.15, 0.2) is 39.9 Å². The number of nitrogens with one attached hydrogen (secondary N) is 1. The Balaban J connectivity index is 1.69. The van der Waals surface area contributed by atoms with Crippen LogP contribution in [-0.4, -0.2) is 45.7 Å². The third kappa shape index (κ3) is 4.40. The molecular weight excluding hydrogens is 450 g/mol. The number of aromatic nitrogens is 1. The number of benzene rings is 1. The normalized spacial score (nSPS) is 16.6. The molecule has 2 aliphatic rings. The SMILES string of the molecule is CCCCCC1=NN2C(=N)/C(=C/c3cc(C)n(-c4cc(OC)ccc4OC)c3C)C(=O)N=C2S1. The van der Waals surface area contributed by atoms with Crippen LogP contribution in [-0.2, 0) is 4.79 Å². The highest BCUT2D eigenvalue weighted by Crippen LogP contribution is 2.34. The predicted octanol–water partition coefficient (Wildman–Crippen LogP) is 5.31. The zero-order valence-electron chi connectivity index (χ0n) is 20.1. The quantitative estimate of drug-likeness (QED) is 0.409. The standard InChI is InChI=1S/C25H29N5O3S/c1-6-7-8-9-22-28-30-23(26)19(24(31)27-25(30)34-22)13-17-12-15(2)29(16(17)3)20-14-18(32-4)10-11-21(20)33-5/h10-14,26H,6-9H2,1-5H3/b19-13-,26-23?. The zero-order chi connectivity index (χ0) is 24.4. The molecule has 34 heavy (non-hydrogen) atoms. The number of thioether (sulfide) groups is 1. The summed E-state index contributed by atoms with van der Waals surface area (Å²) in [6.45, 7) is 6.12. The molecule has 8 nitrogen and oxygen atoms in total. The summed E-state index contributed by atoms with van der Waals surface area (Å²) < 4.78 is 13.0. The van der Waals surface area contributed by atoms with Crippen LogP contribution in [0, 0.1) is 19.3 Å². The molecule has 0 atom stereocenters. The molecular formula is C25H29N5O3S. The first-order valence-corrected chi connectivity index (χ1v) is 12.1. The molecule has 1 N–H and O–H groups in total. The van der Waals surface area contributed by atoms with Crippen molar-refractivity contribution in [1.82, 2.24) is 9.58 Å². The molecule has 2 aromatic rings. The summed E-state index contributed by atoms with van der Waals surface area (Å²) in [4.78, 5) is 17.1. The highest BCUT2D eigenvalue weighted by Gasteiger charge is 2.35. The van der Waals surface area contributed by atoms with Gasteiger partial charge >= 0.3 is 0 Å². The van der Waals surface area contributed by atoms with E-state index in [4.69, 9.17) is 14.9 Å². The van der Waals surface area contributed by atoms with Crippen molar-refractivity contribution in [3.05, 3.63) is 46.8 Å². The van der Waals surface area contributed by atoms with Gasteiger partial charge in [-0.2, -0.15) is 15.1 Å². The average Bonchev–Trinajstić information content (AvgIpc) is 3.35. The molecule has 178 valence electrons. The van der Waals surface area contributed by atoms with Crippen molar-refractivity contribution in [2.75, 3.05) is 14.2 Å². The summed E-state index contributed by atoms with van der Waals surface area (Å²) in [6, 6.07) is 7.61. The van der Waals surface area contributed by atoms with Gasteiger partial charge in [0.05, 0.1) is 25.5 Å². The number of methoxy groups -OCH3 is 2. The number of unbranched alkanes of at least 4 members (excludes halogenated alkanes) is 2. The van der Waals surface area contributed by atoms with Crippen molar-refractivity contribution in [1.29, 1.82) is 5.41 Å². The second kappa shape index (κ2) is 9.89. The Kier molecular flexibility index (Phi) is 6.92. The van der Waals surface area contributed by atoms with E-state index in [0.717, 1.165) is 53.4 Å². The predicted molar refractivity (Wildman–Crippen MR) is 137 cm³/mol. The van der Waals surface area contributed by atoms with Crippen LogP contribution in [0.5, 0.6) is 11.5 Å². The van der Waals surface area contributed by atoms with Crippen molar-refractivity contribution in [3.8, 4) is 17.2 Å². The monoisotopic (exact) mass is 479 g/mol. The van der Waals surface area contributed by atoms with Gasteiger partial charge in [0.1, 0.15) is 16.5 Å². The maximum atomic E-state index is 12.8. The van der Waals surface area contributed by atoms with Gasteiger partial charge in [-0.15, -0.1) is 0 Å². The lowest BCUT2D eigenvalue weighted by Crippen LogP contribution is -2.35. The summed E-state index contributed by atoms with van der Waals surface area (Å²) >= 11 is 1.38. The molecule has 0 saturated carbocycles. The van der Waals surface area contributed by atoms with Crippen LogP contribution in [0.2, 0.25) is 0 Å². The maximum Gasteiger partial charge on any atom is 0.283 e. The second-order valence-electron chi connectivity index (χ2n) is 8.17. The van der Waals surface area contributed by atoms with Crippen LogP contribution in [0.4, 0.5) is 0 Å². The minimum atomic E-state index is -0.419. The number of hydrogen-bond donors (Lipinski definition) is 1. The van der Waals surface area contributed by atoms with Crippen molar-refractivity contribution in [2.45, 2.75) is 46.5 Å². The molecule has 9 heteroatoms. The van der Waals surface area contributed by atoms with Gasteiger partial charge in [-0.3, -0.25) is 10.2 Å². The fourth-order valence-electron chi connectivity index (χ4n) is 4.09. The minimum absolute atomic E-state index is 0.0526. The molecule has 0 spiro atoms. The number of rotatable bonds is 8. The highest BCUT2D eigenvalue weighted by atomic mass is 32.2. The number of hydrazone groups is 1. The summed E-state index contributed by atoms with van der Waals surface area (Å²) in [5.74, 6) is 1.05. The third-order valence-corrected chi connectivity index (χ3v) is 6.86. The molecule has 2 aliphatic heterocycles. The molecule has 0 fully saturated rings. The molecule has 0 radical (unpaired) electrons. The molecule has 1 aromatic carbocycles. The van der Waals surface area contributed by atoms with Crippen molar-refractivity contribution < 1.29 is 14.3 Å². The number of aliphatic imine (C=N–C) groups is 1. The molecule has 3 heterocycles. The van der Waals surface area contributed by atoms with E-state index >= 15 is 0 Å². The van der Waals surface area contributed by atoms with Gasteiger partial charge in [0.25, 0.3) is 5.91 Å². The van der Waals surface area contributed by atoms with Crippen LogP contribution >= 0.6 is 11.8 Å². The summed E-state index contributed by atoms with van der Waals surface area (Å²) in [5.41, 5.74) is 3.76. The van der Waals surface area contributed by atoms with Gasteiger partial charge in [0.15, 0.2) is 5.84 Å². The Morgan fingerprint density at radius 1 is 1.15 bits per heavy atom. The molecule has 0 aliphatic carbocycles. The van der Waals surface area contributed by atoms with Gasteiger partial charge < -0.3 is 14.0 Å². The van der Waals surface area contributed by atoms with Crippen molar-refractivity contribution in [3.63, 3.8) is 0 Å². The van der Waals surface area contributed by atoms with E-state index in [0.29, 0.717) is 16.7 Å². The number of amides is 1. The van der Waals surface area contributed by atoms with Crippen LogP contribution in [0.1, 0.15) is 49.6 Å². The van der Waals surface area contributed by atoms with Gasteiger partial charge in [-0.25, -0.2) is 0 Å². The molecule has 0 saturated heterocycles. The Morgan fingerprint density at radius 3 is 2.65 bits per heavy atom. The third-order valence-electron chi connectivity index (χ3n) is 5.89. The summed E-state index contributed by atoms with van der Waals surface area (Å²) in [5, 5.41) is 16.0.